The number of rotatable bonds is 4. The van der Waals surface area contributed by atoms with Crippen LogP contribution >= 0.6 is 11.6 Å². The Kier molecular flexibility index (Phi) is 6.70. The third kappa shape index (κ3) is 5.09. The van der Waals surface area contributed by atoms with E-state index in [9.17, 15) is 4.79 Å². The second kappa shape index (κ2) is 7.06. The predicted octanol–water partition coefficient (Wildman–Crippen LogP) is 0.142. The maximum absolute atomic E-state index is 10.7. The van der Waals surface area contributed by atoms with E-state index >= 15 is 0 Å². The normalized spacial score (nSPS) is 11.4. The van der Waals surface area contributed by atoms with Crippen molar-refractivity contribution in [2.24, 2.45) is 4.99 Å². The number of amidine groups is 1. The van der Waals surface area contributed by atoms with Crippen LogP contribution in [-0.2, 0) is 4.79 Å². The largest absolute Gasteiger partial charge is 0.387 e. The summed E-state index contributed by atoms with van der Waals surface area (Å²) in [7, 11) is 1.58. The number of halogens is 1. The average molecular weight is 193 g/mol. The molecule has 70 valence electrons. The highest BCUT2D eigenvalue weighted by atomic mass is 35.5. The molecule has 0 heterocycles. The topological polar surface area (TPSA) is 61.7 Å². The molecule has 2 N–H and O–H groups in total. The molecule has 0 bridgehead atoms. The van der Waals surface area contributed by atoms with Crippen LogP contribution in [0.5, 0.6) is 0 Å². The Morgan fingerprint density at radius 1 is 1.67 bits per heavy atom. The molecule has 0 aliphatic heterocycles. The molecule has 0 aromatic heterocycles. The molecule has 0 saturated carbocycles. The van der Waals surface area contributed by atoms with Gasteiger partial charge >= 0.3 is 0 Å². The third-order valence-corrected chi connectivity index (χ3v) is 1.51. The first-order valence-electron chi connectivity index (χ1n) is 3.67. The summed E-state index contributed by atoms with van der Waals surface area (Å²) in [5.41, 5.74) is 0. The van der Waals surface area contributed by atoms with E-state index in [0.717, 1.165) is 6.42 Å². The van der Waals surface area contributed by atoms with Crippen molar-refractivity contribution in [3.8, 4) is 0 Å². The fourth-order valence-electron chi connectivity index (χ4n) is 0.665. The molecule has 0 aliphatic rings. The number of amides is 1. The van der Waals surface area contributed by atoms with Gasteiger partial charge in [0.25, 0.3) is 5.91 Å². The van der Waals surface area contributed by atoms with E-state index in [1.165, 1.54) is 0 Å². The minimum atomic E-state index is -0.514. The fraction of sp³-hybridized carbons (Fsp3) is 0.714. The molecule has 5 heteroatoms. The van der Waals surface area contributed by atoms with Crippen molar-refractivity contribution in [3.63, 3.8) is 0 Å². The van der Waals surface area contributed by atoms with Gasteiger partial charge in [0.1, 0.15) is 12.4 Å². The molecule has 0 radical (unpaired) electrons. The minimum Gasteiger partial charge on any atom is -0.387 e. The molecule has 0 saturated heterocycles. The van der Waals surface area contributed by atoms with Crippen molar-refractivity contribution >= 4 is 23.3 Å². The van der Waals surface area contributed by atoms with Crippen LogP contribution < -0.4 is 5.32 Å². The van der Waals surface area contributed by atoms with E-state index in [0.29, 0.717) is 18.1 Å². The molecule has 0 spiro atoms. The standard InChI is InChI=1S/C7H13ClN2O2/c1-9-6(3-2-4-8)10-7(12)5-11/h11H,2-5H2,1H3,(H,9,10,12). The zero-order valence-electron chi connectivity index (χ0n) is 7.01. The molecule has 12 heavy (non-hydrogen) atoms. The van der Waals surface area contributed by atoms with Crippen LogP contribution in [0.15, 0.2) is 4.99 Å². The lowest BCUT2D eigenvalue weighted by Gasteiger charge is -2.04. The number of alkyl halides is 1. The van der Waals surface area contributed by atoms with Crippen molar-refractivity contribution in [2.75, 3.05) is 19.5 Å². The first-order valence-corrected chi connectivity index (χ1v) is 4.20. The number of aliphatic hydroxyl groups excluding tert-OH is 1. The third-order valence-electron chi connectivity index (χ3n) is 1.24. The molecule has 0 fully saturated rings. The Hall–Kier alpha value is -0.610. The maximum atomic E-state index is 10.7. The number of nitrogens with zero attached hydrogens (tertiary/aromatic N) is 1. The summed E-state index contributed by atoms with van der Waals surface area (Å²) >= 11 is 5.46. The number of carbonyl (C=O) groups is 1. The van der Waals surface area contributed by atoms with E-state index in [-0.39, 0.29) is 0 Å². The van der Waals surface area contributed by atoms with Gasteiger partial charge in [-0.1, -0.05) is 0 Å². The van der Waals surface area contributed by atoms with Gasteiger partial charge in [0.15, 0.2) is 0 Å². The summed E-state index contributed by atoms with van der Waals surface area (Å²) in [4.78, 5) is 14.5. The van der Waals surface area contributed by atoms with Gasteiger partial charge < -0.3 is 10.4 Å². The van der Waals surface area contributed by atoms with Gasteiger partial charge in [-0.15, -0.1) is 11.6 Å². The Balaban J connectivity index is 3.76. The molecular formula is C7H13ClN2O2. The quantitative estimate of drug-likeness (QED) is 0.378. The van der Waals surface area contributed by atoms with Crippen molar-refractivity contribution in [1.82, 2.24) is 5.32 Å². The number of hydrogen-bond acceptors (Lipinski definition) is 3. The van der Waals surface area contributed by atoms with E-state index in [1.54, 1.807) is 7.05 Å². The van der Waals surface area contributed by atoms with Crippen LogP contribution in [-0.4, -0.2) is 36.4 Å². The summed E-state index contributed by atoms with van der Waals surface area (Å²) < 4.78 is 0. The summed E-state index contributed by atoms with van der Waals surface area (Å²) in [6, 6.07) is 0. The molecule has 4 nitrogen and oxygen atoms in total. The van der Waals surface area contributed by atoms with E-state index in [2.05, 4.69) is 10.3 Å². The number of nitrogens with one attached hydrogen (secondary N) is 1. The predicted molar refractivity (Wildman–Crippen MR) is 48.5 cm³/mol. The fourth-order valence-corrected chi connectivity index (χ4v) is 0.799. The lowest BCUT2D eigenvalue weighted by Crippen LogP contribution is -2.32. The van der Waals surface area contributed by atoms with Crippen LogP contribution in [0.25, 0.3) is 0 Å². The smallest absolute Gasteiger partial charge is 0.250 e. The van der Waals surface area contributed by atoms with Crippen molar-refractivity contribution in [3.05, 3.63) is 0 Å². The van der Waals surface area contributed by atoms with Gasteiger partial charge in [-0.05, 0) is 6.42 Å². The number of hydrogen-bond donors (Lipinski definition) is 2. The van der Waals surface area contributed by atoms with Crippen LogP contribution in [0.1, 0.15) is 12.8 Å². The van der Waals surface area contributed by atoms with Crippen molar-refractivity contribution in [1.29, 1.82) is 0 Å². The first kappa shape index (κ1) is 11.4. The highest BCUT2D eigenvalue weighted by molar-refractivity contribution is 6.18. The van der Waals surface area contributed by atoms with Gasteiger partial charge in [0, 0.05) is 19.3 Å². The molecular weight excluding hydrogens is 180 g/mol. The Morgan fingerprint density at radius 2 is 2.33 bits per heavy atom. The Labute approximate surface area is 76.6 Å². The van der Waals surface area contributed by atoms with Crippen molar-refractivity contribution in [2.45, 2.75) is 12.8 Å². The molecule has 0 aliphatic carbocycles. The van der Waals surface area contributed by atoms with Gasteiger partial charge in [-0.25, -0.2) is 0 Å². The van der Waals surface area contributed by atoms with Gasteiger partial charge in [0.05, 0.1) is 0 Å². The number of aliphatic hydroxyl groups is 1. The second-order valence-electron chi connectivity index (χ2n) is 2.17. The van der Waals surface area contributed by atoms with Crippen LogP contribution in [0.2, 0.25) is 0 Å². The zero-order chi connectivity index (χ0) is 9.40. The van der Waals surface area contributed by atoms with Gasteiger partial charge in [0.2, 0.25) is 0 Å². The first-order chi connectivity index (χ1) is 5.74. The molecule has 0 unspecified atom stereocenters. The van der Waals surface area contributed by atoms with Crippen molar-refractivity contribution < 1.29 is 9.90 Å². The van der Waals surface area contributed by atoms with Crippen LogP contribution in [0, 0.1) is 0 Å². The summed E-state index contributed by atoms with van der Waals surface area (Å²) in [5, 5.41) is 10.9. The van der Waals surface area contributed by atoms with Gasteiger partial charge in [-0.2, -0.15) is 0 Å². The van der Waals surface area contributed by atoms with E-state index in [1.807, 2.05) is 0 Å². The molecule has 0 rings (SSSR count). The summed E-state index contributed by atoms with van der Waals surface area (Å²) in [5.74, 6) is 0.661. The van der Waals surface area contributed by atoms with E-state index < -0.39 is 12.5 Å². The monoisotopic (exact) mass is 192 g/mol. The highest BCUT2D eigenvalue weighted by Crippen LogP contribution is 1.92. The van der Waals surface area contributed by atoms with E-state index in [4.69, 9.17) is 16.7 Å². The molecule has 0 aromatic rings. The SMILES string of the molecule is CN=C(CCCCl)NC(=O)CO. The van der Waals surface area contributed by atoms with Gasteiger partial charge in [-0.3, -0.25) is 9.79 Å². The minimum absolute atomic E-state index is 0.440. The number of aliphatic imine (C=N–C) groups is 1. The lowest BCUT2D eigenvalue weighted by atomic mass is 10.3. The molecule has 0 atom stereocenters. The summed E-state index contributed by atoms with van der Waals surface area (Å²) in [6.45, 7) is -0.514. The highest BCUT2D eigenvalue weighted by Gasteiger charge is 2.02. The average Bonchev–Trinajstić information content (AvgIpc) is 2.11. The second-order valence-corrected chi connectivity index (χ2v) is 2.55. The molecule has 0 aromatic carbocycles. The van der Waals surface area contributed by atoms with Crippen LogP contribution in [0.3, 0.4) is 0 Å². The lowest BCUT2D eigenvalue weighted by molar-refractivity contribution is -0.122. The maximum Gasteiger partial charge on any atom is 0.250 e. The Morgan fingerprint density at radius 3 is 2.75 bits per heavy atom. The number of carbonyl (C=O) groups excluding carboxylic acids is 1. The Bertz CT molecular complexity index is 171. The summed E-state index contributed by atoms with van der Waals surface area (Å²) in [6.07, 6.45) is 1.39. The zero-order valence-corrected chi connectivity index (χ0v) is 7.76. The molecule has 1 amide bonds. The van der Waals surface area contributed by atoms with Crippen LogP contribution in [0.4, 0.5) is 0 Å².